The molecule has 4 nitrogen and oxygen atoms in total. The van der Waals surface area contributed by atoms with E-state index in [2.05, 4.69) is 34.0 Å². The van der Waals surface area contributed by atoms with Crippen LogP contribution in [0.1, 0.15) is 22.4 Å². The van der Waals surface area contributed by atoms with Crippen LogP contribution < -0.4 is 10.1 Å². The van der Waals surface area contributed by atoms with E-state index in [4.69, 9.17) is 4.74 Å². The fourth-order valence-electron chi connectivity index (χ4n) is 2.48. The van der Waals surface area contributed by atoms with Gasteiger partial charge in [0.2, 0.25) is 0 Å². The van der Waals surface area contributed by atoms with Gasteiger partial charge in [-0.15, -0.1) is 11.3 Å². The average molecular weight is 424 g/mol. The third-order valence-corrected chi connectivity index (χ3v) is 5.58. The molecule has 6 heteroatoms. The van der Waals surface area contributed by atoms with E-state index in [-0.39, 0.29) is 12.5 Å². The number of nitrogens with zero attached hydrogens (tertiary/aromatic N) is 1. The van der Waals surface area contributed by atoms with Gasteiger partial charge in [0.15, 0.2) is 6.61 Å². The fourth-order valence-corrected chi connectivity index (χ4v) is 4.28. The van der Waals surface area contributed by atoms with Gasteiger partial charge in [-0.05, 0) is 59.5 Å². The first-order chi connectivity index (χ1) is 10.7. The van der Waals surface area contributed by atoms with Crippen molar-refractivity contribution in [3.63, 3.8) is 0 Å². The number of rotatable bonds is 4. The standard InChI is InChI=1S/C16H13IN2O2S/c17-12-5-1-2-6-13(12)21-9-15(20)19-16-11(8-18)10-4-3-7-14(10)22-16/h1-2,5-6H,3-4,7,9H2,(H,19,20). The summed E-state index contributed by atoms with van der Waals surface area (Å²) < 4.78 is 6.48. The highest BCUT2D eigenvalue weighted by atomic mass is 127. The Balaban J connectivity index is 1.66. The van der Waals surface area contributed by atoms with Gasteiger partial charge >= 0.3 is 0 Å². The Morgan fingerprint density at radius 2 is 2.23 bits per heavy atom. The molecule has 1 aliphatic rings. The Kier molecular flexibility index (Phi) is 4.64. The maximum absolute atomic E-state index is 12.1. The zero-order valence-corrected chi connectivity index (χ0v) is 14.7. The van der Waals surface area contributed by atoms with Gasteiger partial charge in [-0.2, -0.15) is 5.26 Å². The van der Waals surface area contributed by atoms with Crippen molar-refractivity contribution in [3.8, 4) is 11.8 Å². The summed E-state index contributed by atoms with van der Waals surface area (Å²) >= 11 is 3.68. The molecule has 0 saturated carbocycles. The van der Waals surface area contributed by atoms with E-state index in [1.165, 1.54) is 16.2 Å². The van der Waals surface area contributed by atoms with Gasteiger partial charge in [0, 0.05) is 4.88 Å². The number of aryl methyl sites for hydroxylation is 1. The van der Waals surface area contributed by atoms with E-state index in [0.29, 0.717) is 16.3 Å². The number of nitriles is 1. The number of ether oxygens (including phenoxy) is 1. The maximum atomic E-state index is 12.1. The SMILES string of the molecule is N#Cc1c(NC(=O)COc2ccccc2I)sc2c1CCC2. The first-order valence-electron chi connectivity index (χ1n) is 6.91. The van der Waals surface area contributed by atoms with Crippen LogP contribution in [0, 0.1) is 14.9 Å². The second-order valence-corrected chi connectivity index (χ2v) is 7.21. The van der Waals surface area contributed by atoms with Crippen molar-refractivity contribution in [1.82, 2.24) is 0 Å². The van der Waals surface area contributed by atoms with Crippen LogP contribution in [0.15, 0.2) is 24.3 Å². The highest BCUT2D eigenvalue weighted by Gasteiger charge is 2.23. The summed E-state index contributed by atoms with van der Waals surface area (Å²) in [5.74, 6) is 0.448. The summed E-state index contributed by atoms with van der Waals surface area (Å²) in [4.78, 5) is 13.3. The van der Waals surface area contributed by atoms with Crippen molar-refractivity contribution in [3.05, 3.63) is 43.8 Å². The third kappa shape index (κ3) is 3.10. The summed E-state index contributed by atoms with van der Waals surface area (Å²) in [5.41, 5.74) is 1.74. The van der Waals surface area contributed by atoms with E-state index in [9.17, 15) is 10.1 Å². The van der Waals surface area contributed by atoms with E-state index in [1.807, 2.05) is 24.3 Å². The second-order valence-electron chi connectivity index (χ2n) is 4.94. The molecule has 0 fully saturated rings. The van der Waals surface area contributed by atoms with Crippen molar-refractivity contribution < 1.29 is 9.53 Å². The topological polar surface area (TPSA) is 62.1 Å². The molecule has 1 N–H and O–H groups in total. The molecule has 0 spiro atoms. The van der Waals surface area contributed by atoms with Crippen molar-refractivity contribution >= 4 is 44.8 Å². The Morgan fingerprint density at radius 1 is 1.41 bits per heavy atom. The number of hydrogen-bond donors (Lipinski definition) is 1. The van der Waals surface area contributed by atoms with Crippen LogP contribution in [0.3, 0.4) is 0 Å². The first kappa shape index (κ1) is 15.3. The quantitative estimate of drug-likeness (QED) is 0.761. The number of fused-ring (bicyclic) bond motifs is 1. The van der Waals surface area contributed by atoms with Crippen LogP contribution in [-0.4, -0.2) is 12.5 Å². The zero-order valence-electron chi connectivity index (χ0n) is 11.7. The molecule has 0 saturated heterocycles. The molecule has 1 aromatic heterocycles. The van der Waals surface area contributed by atoms with E-state index < -0.39 is 0 Å². The van der Waals surface area contributed by atoms with Crippen LogP contribution in [-0.2, 0) is 17.6 Å². The number of para-hydroxylation sites is 1. The molecule has 0 aliphatic heterocycles. The molecule has 2 aromatic rings. The number of amides is 1. The average Bonchev–Trinajstić information content (AvgIpc) is 3.06. The Hall–Kier alpha value is -1.59. The number of halogens is 1. The molecule has 1 aromatic carbocycles. The number of thiophene rings is 1. The Morgan fingerprint density at radius 3 is 3.00 bits per heavy atom. The lowest BCUT2D eigenvalue weighted by Gasteiger charge is -2.08. The number of carbonyl (C=O) groups is 1. The number of benzene rings is 1. The van der Waals surface area contributed by atoms with Crippen LogP contribution in [0.25, 0.3) is 0 Å². The predicted octanol–water partition coefficient (Wildman–Crippen LogP) is 3.73. The molecular formula is C16H13IN2O2S. The Labute approximate surface area is 146 Å². The molecule has 22 heavy (non-hydrogen) atoms. The minimum absolute atomic E-state index is 0.0621. The van der Waals surface area contributed by atoms with E-state index >= 15 is 0 Å². The minimum atomic E-state index is -0.240. The summed E-state index contributed by atoms with van der Waals surface area (Å²) in [5, 5.41) is 12.8. The van der Waals surface area contributed by atoms with Gasteiger partial charge in [0.1, 0.15) is 16.8 Å². The largest absolute Gasteiger partial charge is 0.483 e. The van der Waals surface area contributed by atoms with E-state index in [0.717, 1.165) is 28.4 Å². The normalized spacial score (nSPS) is 12.5. The summed E-state index contributed by atoms with van der Waals surface area (Å²) in [7, 11) is 0. The number of hydrogen-bond acceptors (Lipinski definition) is 4. The van der Waals surface area contributed by atoms with Crippen molar-refractivity contribution in [2.75, 3.05) is 11.9 Å². The summed E-state index contributed by atoms with van der Waals surface area (Å²) in [6, 6.07) is 9.75. The number of carbonyl (C=O) groups excluding carboxylic acids is 1. The molecule has 3 rings (SSSR count). The van der Waals surface area contributed by atoms with Crippen molar-refractivity contribution in [2.45, 2.75) is 19.3 Å². The van der Waals surface area contributed by atoms with Crippen molar-refractivity contribution in [2.24, 2.45) is 0 Å². The lowest BCUT2D eigenvalue weighted by molar-refractivity contribution is -0.118. The third-order valence-electron chi connectivity index (χ3n) is 3.48. The highest BCUT2D eigenvalue weighted by molar-refractivity contribution is 14.1. The highest BCUT2D eigenvalue weighted by Crippen LogP contribution is 2.38. The summed E-state index contributed by atoms with van der Waals surface area (Å²) in [6.45, 7) is -0.0621. The van der Waals surface area contributed by atoms with Gasteiger partial charge in [-0.3, -0.25) is 4.79 Å². The molecule has 1 amide bonds. The van der Waals surface area contributed by atoms with Crippen molar-refractivity contribution in [1.29, 1.82) is 5.26 Å². The zero-order chi connectivity index (χ0) is 15.5. The Bertz CT molecular complexity index is 764. The molecule has 0 bridgehead atoms. The second kappa shape index (κ2) is 6.67. The van der Waals surface area contributed by atoms with Gasteiger partial charge < -0.3 is 10.1 Å². The van der Waals surface area contributed by atoms with Crippen LogP contribution in [0.4, 0.5) is 5.00 Å². The van der Waals surface area contributed by atoms with Gasteiger partial charge in [-0.1, -0.05) is 12.1 Å². The molecule has 1 aliphatic carbocycles. The smallest absolute Gasteiger partial charge is 0.262 e. The molecule has 112 valence electrons. The molecular weight excluding hydrogens is 411 g/mol. The van der Waals surface area contributed by atoms with Gasteiger partial charge in [0.05, 0.1) is 9.13 Å². The summed E-state index contributed by atoms with van der Waals surface area (Å²) in [6.07, 6.45) is 3.03. The van der Waals surface area contributed by atoms with Crippen LogP contribution >= 0.6 is 33.9 Å². The number of anilines is 1. The van der Waals surface area contributed by atoms with Gasteiger partial charge in [-0.25, -0.2) is 0 Å². The molecule has 0 atom stereocenters. The number of nitrogens with one attached hydrogen (secondary N) is 1. The lowest BCUT2D eigenvalue weighted by Crippen LogP contribution is -2.20. The molecule has 0 unspecified atom stereocenters. The van der Waals surface area contributed by atoms with Crippen LogP contribution in [0.2, 0.25) is 0 Å². The molecule has 1 heterocycles. The molecule has 0 radical (unpaired) electrons. The minimum Gasteiger partial charge on any atom is -0.483 e. The van der Waals surface area contributed by atoms with Crippen LogP contribution in [0.5, 0.6) is 5.75 Å². The lowest BCUT2D eigenvalue weighted by atomic mass is 10.1. The van der Waals surface area contributed by atoms with E-state index in [1.54, 1.807) is 0 Å². The monoisotopic (exact) mass is 424 g/mol. The first-order valence-corrected chi connectivity index (χ1v) is 8.80. The van der Waals surface area contributed by atoms with Gasteiger partial charge in [0.25, 0.3) is 5.91 Å². The fraction of sp³-hybridized carbons (Fsp3) is 0.250. The predicted molar refractivity (Wildman–Crippen MR) is 94.3 cm³/mol. The maximum Gasteiger partial charge on any atom is 0.262 e.